The summed E-state index contributed by atoms with van der Waals surface area (Å²) in [5.74, 6) is -2.23. The number of benzene rings is 1. The van der Waals surface area contributed by atoms with E-state index in [2.05, 4.69) is 4.72 Å². The standard InChI is InChI=1S/C16H17ClF4N2O3S/c17-11-7-10(14(24)22-27(25)23-5-2-6-23)12(18)8-13(11)26-9-15(3-1-4-15)16(19,20)21/h7-8H,1-6,9H2,(H,22,24). The molecule has 1 N–H and O–H groups in total. The highest BCUT2D eigenvalue weighted by atomic mass is 35.5. The van der Waals surface area contributed by atoms with Crippen LogP contribution in [0.1, 0.15) is 36.0 Å². The SMILES string of the molecule is O=C(NS(=O)N1CCC1)c1cc(Cl)c(OCC2(C(F)(F)F)CCC2)cc1F. The smallest absolute Gasteiger partial charge is 0.397 e. The van der Waals surface area contributed by atoms with Crippen LogP contribution >= 0.6 is 11.6 Å². The monoisotopic (exact) mass is 428 g/mol. The molecule has 1 aliphatic heterocycles. The average Bonchev–Trinajstić information content (AvgIpc) is 2.45. The van der Waals surface area contributed by atoms with E-state index in [0.29, 0.717) is 19.5 Å². The van der Waals surface area contributed by atoms with E-state index in [0.717, 1.165) is 18.6 Å². The van der Waals surface area contributed by atoms with Crippen LogP contribution in [0, 0.1) is 11.2 Å². The lowest BCUT2D eigenvalue weighted by Crippen LogP contribution is -2.48. The zero-order valence-corrected chi connectivity index (χ0v) is 15.6. The molecule has 3 rings (SSSR count). The molecule has 1 atom stereocenters. The number of carbonyl (C=O) groups is 1. The molecule has 150 valence electrons. The number of ether oxygens (including phenoxy) is 1. The van der Waals surface area contributed by atoms with Crippen LogP contribution in [0.5, 0.6) is 5.75 Å². The Kier molecular flexibility index (Phi) is 5.69. The topological polar surface area (TPSA) is 58.6 Å². The number of hydrogen-bond acceptors (Lipinski definition) is 3. The molecule has 0 radical (unpaired) electrons. The number of halogens is 5. The van der Waals surface area contributed by atoms with Gasteiger partial charge in [0.25, 0.3) is 5.91 Å². The van der Waals surface area contributed by atoms with E-state index in [1.54, 1.807) is 0 Å². The second kappa shape index (κ2) is 7.56. The summed E-state index contributed by atoms with van der Waals surface area (Å²) in [4.78, 5) is 12.1. The van der Waals surface area contributed by atoms with Gasteiger partial charge in [-0.05, 0) is 25.3 Å². The zero-order chi connectivity index (χ0) is 19.8. The molecule has 1 aromatic rings. The predicted molar refractivity (Wildman–Crippen MR) is 91.0 cm³/mol. The first-order valence-corrected chi connectivity index (χ1v) is 9.78. The van der Waals surface area contributed by atoms with Crippen LogP contribution in [0.2, 0.25) is 5.02 Å². The Bertz CT molecular complexity index is 767. The minimum absolute atomic E-state index is 0.0561. The Morgan fingerprint density at radius 1 is 1.30 bits per heavy atom. The molecule has 1 aliphatic carbocycles. The maximum Gasteiger partial charge on any atom is 0.397 e. The van der Waals surface area contributed by atoms with Crippen molar-refractivity contribution < 1.29 is 31.3 Å². The Balaban J connectivity index is 1.69. The fourth-order valence-corrected chi connectivity index (χ4v) is 4.00. The first-order valence-electron chi connectivity index (χ1n) is 8.29. The normalized spacial score (nSPS) is 20.3. The lowest BCUT2D eigenvalue weighted by Gasteiger charge is -2.42. The van der Waals surface area contributed by atoms with Gasteiger partial charge in [0.2, 0.25) is 0 Å². The van der Waals surface area contributed by atoms with Gasteiger partial charge in [0.1, 0.15) is 18.2 Å². The molecule has 1 saturated carbocycles. The highest BCUT2D eigenvalue weighted by Crippen LogP contribution is 2.53. The summed E-state index contributed by atoms with van der Waals surface area (Å²) < 4.78 is 74.3. The molecule has 27 heavy (non-hydrogen) atoms. The van der Waals surface area contributed by atoms with Gasteiger partial charge >= 0.3 is 6.18 Å². The van der Waals surface area contributed by atoms with Crippen molar-refractivity contribution in [3.8, 4) is 5.75 Å². The van der Waals surface area contributed by atoms with E-state index in [4.69, 9.17) is 16.3 Å². The molecule has 1 saturated heterocycles. The zero-order valence-electron chi connectivity index (χ0n) is 14.1. The quantitative estimate of drug-likeness (QED) is 0.704. The number of carbonyl (C=O) groups excluding carboxylic acids is 1. The van der Waals surface area contributed by atoms with Crippen molar-refractivity contribution in [2.24, 2.45) is 5.41 Å². The molecule has 5 nitrogen and oxygen atoms in total. The number of alkyl halides is 3. The van der Waals surface area contributed by atoms with E-state index in [1.165, 1.54) is 4.31 Å². The van der Waals surface area contributed by atoms with Gasteiger partial charge < -0.3 is 4.74 Å². The molecule has 1 aromatic carbocycles. The van der Waals surface area contributed by atoms with Crippen molar-refractivity contribution in [2.75, 3.05) is 19.7 Å². The van der Waals surface area contributed by atoms with Crippen molar-refractivity contribution in [1.29, 1.82) is 0 Å². The third kappa shape index (κ3) is 4.07. The van der Waals surface area contributed by atoms with Gasteiger partial charge in [-0.25, -0.2) is 12.9 Å². The van der Waals surface area contributed by atoms with Crippen LogP contribution in [0.25, 0.3) is 0 Å². The molecular formula is C16H17ClF4N2O3S. The van der Waals surface area contributed by atoms with E-state index in [9.17, 15) is 26.6 Å². The first kappa shape index (κ1) is 20.3. The second-order valence-corrected chi connectivity index (χ2v) is 8.27. The Morgan fingerprint density at radius 2 is 1.96 bits per heavy atom. The lowest BCUT2D eigenvalue weighted by atomic mass is 9.69. The molecule has 11 heteroatoms. The Hall–Kier alpha value is -1.39. The Labute approximate surface area is 160 Å². The summed E-state index contributed by atoms with van der Waals surface area (Å²) in [5, 5.41) is -0.201. The minimum atomic E-state index is -4.42. The van der Waals surface area contributed by atoms with Crippen molar-refractivity contribution in [3.05, 3.63) is 28.5 Å². The summed E-state index contributed by atoms with van der Waals surface area (Å²) in [6.45, 7) is 0.452. The average molecular weight is 429 g/mol. The van der Waals surface area contributed by atoms with Gasteiger partial charge in [-0.2, -0.15) is 13.2 Å². The van der Waals surface area contributed by atoms with E-state index >= 15 is 0 Å². The summed E-state index contributed by atoms with van der Waals surface area (Å²) in [6.07, 6.45) is -3.23. The molecular weight excluding hydrogens is 412 g/mol. The van der Waals surface area contributed by atoms with Gasteiger partial charge in [0.15, 0.2) is 11.2 Å². The van der Waals surface area contributed by atoms with Gasteiger partial charge in [0.05, 0.1) is 16.0 Å². The number of hydrogen-bond donors (Lipinski definition) is 1. The van der Waals surface area contributed by atoms with E-state index < -0.39 is 46.7 Å². The minimum Gasteiger partial charge on any atom is -0.491 e. The Morgan fingerprint density at radius 3 is 2.44 bits per heavy atom. The fraction of sp³-hybridized carbons (Fsp3) is 0.562. The highest BCUT2D eigenvalue weighted by molar-refractivity contribution is 7.81. The molecule has 2 aliphatic rings. The fourth-order valence-electron chi connectivity index (χ4n) is 2.79. The summed E-state index contributed by atoms with van der Waals surface area (Å²) in [6, 6.07) is 1.72. The molecule has 0 spiro atoms. The summed E-state index contributed by atoms with van der Waals surface area (Å²) in [7, 11) is 0. The maximum atomic E-state index is 14.2. The van der Waals surface area contributed by atoms with Crippen molar-refractivity contribution in [2.45, 2.75) is 31.9 Å². The van der Waals surface area contributed by atoms with Gasteiger partial charge in [0, 0.05) is 19.2 Å². The maximum absolute atomic E-state index is 14.2. The van der Waals surface area contributed by atoms with Crippen LogP contribution in [0.3, 0.4) is 0 Å². The number of rotatable bonds is 6. The van der Waals surface area contributed by atoms with Gasteiger partial charge in [-0.15, -0.1) is 0 Å². The van der Waals surface area contributed by atoms with Crippen molar-refractivity contribution in [3.63, 3.8) is 0 Å². The van der Waals surface area contributed by atoms with Gasteiger partial charge in [-0.1, -0.05) is 18.0 Å². The largest absolute Gasteiger partial charge is 0.491 e. The van der Waals surface area contributed by atoms with Crippen LogP contribution in [-0.4, -0.2) is 40.3 Å². The molecule has 1 amide bonds. The third-order valence-corrected chi connectivity index (χ3v) is 6.40. The van der Waals surface area contributed by atoms with E-state index in [-0.39, 0.29) is 23.6 Å². The number of nitrogens with zero attached hydrogens (tertiary/aromatic N) is 1. The molecule has 1 unspecified atom stereocenters. The van der Waals surface area contributed by atoms with Crippen LogP contribution < -0.4 is 9.46 Å². The first-order chi connectivity index (χ1) is 12.6. The van der Waals surface area contributed by atoms with Gasteiger partial charge in [-0.3, -0.25) is 9.52 Å². The number of amides is 1. The molecule has 0 aromatic heterocycles. The lowest BCUT2D eigenvalue weighted by molar-refractivity contribution is -0.259. The van der Waals surface area contributed by atoms with Crippen LogP contribution in [0.15, 0.2) is 12.1 Å². The van der Waals surface area contributed by atoms with Crippen LogP contribution in [-0.2, 0) is 11.2 Å². The van der Waals surface area contributed by atoms with Crippen LogP contribution in [0.4, 0.5) is 17.6 Å². The summed E-state index contributed by atoms with van der Waals surface area (Å²) in [5.41, 5.74) is -2.41. The predicted octanol–water partition coefficient (Wildman–Crippen LogP) is 3.60. The van der Waals surface area contributed by atoms with E-state index in [1.807, 2.05) is 0 Å². The highest BCUT2D eigenvalue weighted by Gasteiger charge is 2.58. The second-order valence-electron chi connectivity index (χ2n) is 6.65. The third-order valence-electron chi connectivity index (χ3n) is 4.91. The molecule has 2 fully saturated rings. The summed E-state index contributed by atoms with van der Waals surface area (Å²) >= 11 is 4.17. The molecule has 1 heterocycles. The molecule has 0 bridgehead atoms. The van der Waals surface area contributed by atoms with Crippen molar-refractivity contribution in [1.82, 2.24) is 9.03 Å². The number of nitrogens with one attached hydrogen (secondary N) is 1. The van der Waals surface area contributed by atoms with Crippen molar-refractivity contribution >= 4 is 28.7 Å².